The summed E-state index contributed by atoms with van der Waals surface area (Å²) in [5.41, 5.74) is 5.59. The molecule has 2 aromatic carbocycles. The van der Waals surface area contributed by atoms with Crippen LogP contribution in [0, 0.1) is 5.82 Å². The molecule has 1 saturated heterocycles. The molecule has 6 rings (SSSR count). The standard InChI is InChI=1S/C24H20FN5O3S/c25-18-4-1-15(2-5-18)23-22(16-3-6-19-17(13-16)14-21(31)27-19)20-7-8-26-24(30(20)28-23)29-9-11-34(32,33)12-10-29/h1-8,13H,9-12,14H2,(H,27,31). The first-order valence-corrected chi connectivity index (χ1v) is 12.7. The molecule has 0 bridgehead atoms. The van der Waals surface area contributed by atoms with E-state index in [0.29, 0.717) is 31.2 Å². The van der Waals surface area contributed by atoms with Crippen molar-refractivity contribution >= 4 is 32.9 Å². The Bertz CT molecular complexity index is 1550. The van der Waals surface area contributed by atoms with E-state index in [1.165, 1.54) is 12.1 Å². The highest BCUT2D eigenvalue weighted by molar-refractivity contribution is 7.91. The normalized spacial score (nSPS) is 17.1. The third-order valence-electron chi connectivity index (χ3n) is 6.30. The Morgan fingerprint density at radius 3 is 2.47 bits per heavy atom. The molecule has 0 atom stereocenters. The minimum Gasteiger partial charge on any atom is -0.339 e. The van der Waals surface area contributed by atoms with Gasteiger partial charge in [-0.2, -0.15) is 9.61 Å². The molecule has 2 aromatic heterocycles. The fourth-order valence-electron chi connectivity index (χ4n) is 4.57. The third-order valence-corrected chi connectivity index (χ3v) is 7.91. The lowest BCUT2D eigenvalue weighted by molar-refractivity contribution is -0.115. The van der Waals surface area contributed by atoms with E-state index >= 15 is 0 Å². The van der Waals surface area contributed by atoms with Gasteiger partial charge < -0.3 is 10.2 Å². The van der Waals surface area contributed by atoms with E-state index in [9.17, 15) is 17.6 Å². The molecule has 8 nitrogen and oxygen atoms in total. The minimum absolute atomic E-state index is 0.0442. The molecule has 1 amide bonds. The second-order valence-electron chi connectivity index (χ2n) is 8.51. The van der Waals surface area contributed by atoms with Gasteiger partial charge in [0.2, 0.25) is 11.9 Å². The maximum absolute atomic E-state index is 13.7. The first-order chi connectivity index (χ1) is 16.4. The topological polar surface area (TPSA) is 96.7 Å². The van der Waals surface area contributed by atoms with Gasteiger partial charge in [-0.05, 0) is 53.6 Å². The van der Waals surface area contributed by atoms with Gasteiger partial charge in [0.05, 0.1) is 23.4 Å². The molecule has 0 unspecified atom stereocenters. The fourth-order valence-corrected chi connectivity index (χ4v) is 5.78. The number of halogens is 1. The van der Waals surface area contributed by atoms with E-state index in [0.717, 1.165) is 33.5 Å². The Hall–Kier alpha value is -3.79. The molecule has 0 spiro atoms. The van der Waals surface area contributed by atoms with Crippen LogP contribution in [0.25, 0.3) is 27.9 Å². The van der Waals surface area contributed by atoms with E-state index in [-0.39, 0.29) is 23.2 Å². The molecule has 34 heavy (non-hydrogen) atoms. The Labute approximate surface area is 195 Å². The molecule has 4 heterocycles. The highest BCUT2D eigenvalue weighted by Gasteiger charge is 2.27. The highest BCUT2D eigenvalue weighted by atomic mass is 32.2. The molecule has 0 saturated carbocycles. The quantitative estimate of drug-likeness (QED) is 0.487. The first kappa shape index (κ1) is 20.8. The van der Waals surface area contributed by atoms with Crippen LogP contribution in [0.2, 0.25) is 0 Å². The van der Waals surface area contributed by atoms with Gasteiger partial charge in [-0.15, -0.1) is 0 Å². The van der Waals surface area contributed by atoms with Gasteiger partial charge >= 0.3 is 0 Å². The number of fused-ring (bicyclic) bond motifs is 2. The molecule has 2 aliphatic heterocycles. The molecule has 172 valence electrons. The summed E-state index contributed by atoms with van der Waals surface area (Å²) in [6.07, 6.45) is 2.00. The molecule has 1 fully saturated rings. The summed E-state index contributed by atoms with van der Waals surface area (Å²) in [4.78, 5) is 18.3. The van der Waals surface area contributed by atoms with Crippen molar-refractivity contribution in [1.82, 2.24) is 14.6 Å². The number of carbonyl (C=O) groups is 1. The second-order valence-corrected chi connectivity index (χ2v) is 10.8. The fraction of sp³-hybridized carbons (Fsp3) is 0.208. The summed E-state index contributed by atoms with van der Waals surface area (Å²) >= 11 is 0. The lowest BCUT2D eigenvalue weighted by atomic mass is 9.97. The molecule has 0 radical (unpaired) electrons. The van der Waals surface area contributed by atoms with E-state index in [4.69, 9.17) is 5.10 Å². The number of nitrogens with zero attached hydrogens (tertiary/aromatic N) is 4. The molecule has 2 aliphatic rings. The summed E-state index contributed by atoms with van der Waals surface area (Å²) in [7, 11) is -3.05. The number of amides is 1. The summed E-state index contributed by atoms with van der Waals surface area (Å²) in [6, 6.07) is 13.8. The number of benzene rings is 2. The van der Waals surface area contributed by atoms with Crippen LogP contribution >= 0.6 is 0 Å². The molecule has 0 aliphatic carbocycles. The average molecular weight is 478 g/mol. The van der Waals surface area contributed by atoms with Crippen molar-refractivity contribution in [2.75, 3.05) is 34.8 Å². The Balaban J connectivity index is 1.55. The van der Waals surface area contributed by atoms with Crippen LogP contribution in [0.3, 0.4) is 0 Å². The van der Waals surface area contributed by atoms with Crippen LogP contribution in [-0.4, -0.2) is 53.5 Å². The molecule has 1 N–H and O–H groups in total. The number of hydrogen-bond acceptors (Lipinski definition) is 6. The number of nitrogens with one attached hydrogen (secondary N) is 1. The van der Waals surface area contributed by atoms with Gasteiger partial charge in [-0.3, -0.25) is 4.79 Å². The Morgan fingerprint density at radius 1 is 0.971 bits per heavy atom. The van der Waals surface area contributed by atoms with Crippen LogP contribution in [0.4, 0.5) is 16.0 Å². The lowest BCUT2D eigenvalue weighted by Crippen LogP contribution is -2.41. The van der Waals surface area contributed by atoms with Crippen molar-refractivity contribution in [3.05, 3.63) is 66.1 Å². The zero-order chi connectivity index (χ0) is 23.4. The number of sulfone groups is 1. The van der Waals surface area contributed by atoms with Crippen molar-refractivity contribution in [1.29, 1.82) is 0 Å². The van der Waals surface area contributed by atoms with E-state index in [1.54, 1.807) is 22.8 Å². The molecule has 4 aromatic rings. The summed E-state index contributed by atoms with van der Waals surface area (Å²) in [5.74, 6) is 0.302. The van der Waals surface area contributed by atoms with Crippen molar-refractivity contribution < 1.29 is 17.6 Å². The van der Waals surface area contributed by atoms with Crippen molar-refractivity contribution in [3.8, 4) is 22.4 Å². The maximum atomic E-state index is 13.7. The average Bonchev–Trinajstić information content (AvgIpc) is 3.38. The van der Waals surface area contributed by atoms with Crippen LogP contribution in [0.15, 0.2) is 54.7 Å². The summed E-state index contributed by atoms with van der Waals surface area (Å²) < 4.78 is 39.2. The maximum Gasteiger partial charge on any atom is 0.228 e. The highest BCUT2D eigenvalue weighted by Crippen LogP contribution is 2.38. The molecule has 10 heteroatoms. The van der Waals surface area contributed by atoms with Gasteiger partial charge in [0, 0.05) is 36.1 Å². The SMILES string of the molecule is O=C1Cc2cc(-c3c(-c4ccc(F)cc4)nn4c(N5CCS(=O)(=O)CC5)nccc34)ccc2N1. The monoisotopic (exact) mass is 477 g/mol. The van der Waals surface area contributed by atoms with Crippen molar-refractivity contribution in [2.24, 2.45) is 0 Å². The van der Waals surface area contributed by atoms with Crippen LogP contribution in [0.5, 0.6) is 0 Å². The summed E-state index contributed by atoms with van der Waals surface area (Å²) in [6.45, 7) is 0.671. The minimum atomic E-state index is -3.05. The smallest absolute Gasteiger partial charge is 0.228 e. The van der Waals surface area contributed by atoms with E-state index in [2.05, 4.69) is 10.3 Å². The van der Waals surface area contributed by atoms with Gasteiger partial charge in [0.1, 0.15) is 11.5 Å². The van der Waals surface area contributed by atoms with Crippen LogP contribution < -0.4 is 10.2 Å². The van der Waals surface area contributed by atoms with Crippen molar-refractivity contribution in [3.63, 3.8) is 0 Å². The zero-order valence-corrected chi connectivity index (χ0v) is 18.8. The predicted octanol–water partition coefficient (Wildman–Crippen LogP) is 2.93. The van der Waals surface area contributed by atoms with E-state index < -0.39 is 9.84 Å². The third kappa shape index (κ3) is 3.50. The van der Waals surface area contributed by atoms with Gasteiger partial charge in [-0.1, -0.05) is 6.07 Å². The predicted molar refractivity (Wildman–Crippen MR) is 127 cm³/mol. The Morgan fingerprint density at radius 2 is 1.71 bits per heavy atom. The number of hydrogen-bond donors (Lipinski definition) is 1. The van der Waals surface area contributed by atoms with E-state index in [1.807, 2.05) is 29.2 Å². The summed E-state index contributed by atoms with van der Waals surface area (Å²) in [5, 5.41) is 7.72. The van der Waals surface area contributed by atoms with Gasteiger partial charge in [0.15, 0.2) is 9.84 Å². The first-order valence-electron chi connectivity index (χ1n) is 10.9. The second kappa shape index (κ2) is 7.63. The number of aromatic nitrogens is 3. The lowest BCUT2D eigenvalue weighted by Gasteiger charge is -2.27. The van der Waals surface area contributed by atoms with Gasteiger partial charge in [0.25, 0.3) is 0 Å². The van der Waals surface area contributed by atoms with Crippen LogP contribution in [-0.2, 0) is 21.1 Å². The Kier molecular flexibility index (Phi) is 4.66. The zero-order valence-electron chi connectivity index (χ0n) is 18.0. The molecular weight excluding hydrogens is 457 g/mol. The number of anilines is 2. The number of rotatable bonds is 3. The van der Waals surface area contributed by atoms with Crippen molar-refractivity contribution in [2.45, 2.75) is 6.42 Å². The largest absolute Gasteiger partial charge is 0.339 e. The number of carbonyl (C=O) groups excluding carboxylic acids is 1. The van der Waals surface area contributed by atoms with Gasteiger partial charge in [-0.25, -0.2) is 17.8 Å². The molecular formula is C24H20FN5O3S. The van der Waals surface area contributed by atoms with Crippen LogP contribution in [0.1, 0.15) is 5.56 Å².